The highest BCUT2D eigenvalue weighted by atomic mass is 35.5. The van der Waals surface area contributed by atoms with Crippen molar-refractivity contribution in [1.29, 1.82) is 0 Å². The summed E-state index contributed by atoms with van der Waals surface area (Å²) in [5.74, 6) is 1.69. The van der Waals surface area contributed by atoms with Crippen LogP contribution in [0.5, 0.6) is 5.75 Å². The summed E-state index contributed by atoms with van der Waals surface area (Å²) in [5, 5.41) is 0. The molecule has 0 unspecified atom stereocenters. The smallest absolute Gasteiger partial charge is 0.224 e. The van der Waals surface area contributed by atoms with E-state index in [1.165, 1.54) is 0 Å². The molecule has 10 heteroatoms. The second kappa shape index (κ2) is 8.76. The maximum absolute atomic E-state index is 5.85. The first-order valence-electron chi connectivity index (χ1n) is 8.02. The average molecular weight is 393 g/mol. The normalized spacial score (nSPS) is 13.6. The lowest BCUT2D eigenvalue weighted by Crippen LogP contribution is -2.37. The molecule has 0 saturated carbocycles. The van der Waals surface area contributed by atoms with Gasteiger partial charge in [0.25, 0.3) is 0 Å². The number of hydrogen-bond donors (Lipinski definition) is 1. The van der Waals surface area contributed by atoms with Crippen molar-refractivity contribution in [2.45, 2.75) is 0 Å². The van der Waals surface area contributed by atoms with Gasteiger partial charge in [-0.2, -0.15) is 9.97 Å². The van der Waals surface area contributed by atoms with Gasteiger partial charge in [0.1, 0.15) is 5.75 Å². The van der Waals surface area contributed by atoms with Gasteiger partial charge in [0, 0.05) is 18.7 Å². The first-order valence-corrected chi connectivity index (χ1v) is 8.02. The van der Waals surface area contributed by atoms with Crippen molar-refractivity contribution in [2.24, 2.45) is 0 Å². The number of rotatable bonds is 3. The maximum Gasteiger partial charge on any atom is 0.224 e. The molecule has 144 valence electrons. The van der Waals surface area contributed by atoms with Crippen LogP contribution in [-0.4, -0.2) is 58.8 Å². The Hall–Kier alpha value is -2.75. The number of hydrogen-bond acceptors (Lipinski definition) is 8. The van der Waals surface area contributed by atoms with E-state index in [4.69, 9.17) is 20.2 Å². The largest absolute Gasteiger partial charge is 0.497 e. The molecule has 1 saturated heterocycles. The summed E-state index contributed by atoms with van der Waals surface area (Å²) < 4.78 is 10.6. The molecule has 4 rings (SSSR count). The predicted molar refractivity (Wildman–Crippen MR) is 105 cm³/mol. The van der Waals surface area contributed by atoms with Gasteiger partial charge in [-0.25, -0.2) is 9.97 Å². The summed E-state index contributed by atoms with van der Waals surface area (Å²) in [6.45, 7) is 2.77. The van der Waals surface area contributed by atoms with Gasteiger partial charge in [-0.15, -0.1) is 12.4 Å². The monoisotopic (exact) mass is 392 g/mol. The van der Waals surface area contributed by atoms with E-state index in [0.29, 0.717) is 30.2 Å². The number of morpholine rings is 1. The molecule has 27 heavy (non-hydrogen) atoms. The molecule has 0 amide bonds. The minimum absolute atomic E-state index is 0. The zero-order chi connectivity index (χ0) is 17.2. The van der Waals surface area contributed by atoms with Gasteiger partial charge in [-0.1, -0.05) is 0 Å². The summed E-state index contributed by atoms with van der Waals surface area (Å²) in [5.41, 5.74) is 8.68. The van der Waals surface area contributed by atoms with Gasteiger partial charge >= 0.3 is 0 Å². The van der Waals surface area contributed by atoms with Crippen LogP contribution in [0.3, 0.4) is 0 Å². The highest BCUT2D eigenvalue weighted by molar-refractivity contribution is 5.86. The molecule has 2 aromatic heterocycles. The van der Waals surface area contributed by atoms with Crippen molar-refractivity contribution in [2.75, 3.05) is 44.0 Å². The minimum Gasteiger partial charge on any atom is -0.497 e. The molecular formula is C17H21ClN6O3. The lowest BCUT2D eigenvalue weighted by Gasteiger charge is -2.28. The van der Waals surface area contributed by atoms with E-state index in [1.807, 2.05) is 24.3 Å². The third-order valence-electron chi connectivity index (χ3n) is 4.10. The zero-order valence-corrected chi connectivity index (χ0v) is 15.6. The van der Waals surface area contributed by atoms with Gasteiger partial charge < -0.3 is 25.6 Å². The number of ether oxygens (including phenoxy) is 2. The van der Waals surface area contributed by atoms with Crippen LogP contribution < -0.4 is 15.4 Å². The Kier molecular flexibility index (Phi) is 6.67. The Balaban J connectivity index is 0.00000131. The van der Waals surface area contributed by atoms with Gasteiger partial charge in [0.2, 0.25) is 5.95 Å². The third-order valence-corrected chi connectivity index (χ3v) is 4.10. The highest BCUT2D eigenvalue weighted by Gasteiger charge is 2.19. The lowest BCUT2D eigenvalue weighted by molar-refractivity contribution is 0.122. The molecule has 0 atom stereocenters. The Morgan fingerprint density at radius 2 is 1.78 bits per heavy atom. The van der Waals surface area contributed by atoms with Crippen molar-refractivity contribution in [3.05, 3.63) is 30.5 Å². The molecule has 4 N–H and O–H groups in total. The van der Waals surface area contributed by atoms with Crippen LogP contribution in [0.2, 0.25) is 0 Å². The second-order valence-corrected chi connectivity index (χ2v) is 5.66. The van der Waals surface area contributed by atoms with Crippen LogP contribution in [0.1, 0.15) is 0 Å². The first kappa shape index (κ1) is 20.6. The fourth-order valence-corrected chi connectivity index (χ4v) is 2.81. The molecule has 9 nitrogen and oxygen atoms in total. The van der Waals surface area contributed by atoms with Crippen LogP contribution >= 0.6 is 12.4 Å². The Morgan fingerprint density at radius 1 is 1.07 bits per heavy atom. The summed E-state index contributed by atoms with van der Waals surface area (Å²) in [6.07, 6.45) is 1.69. The van der Waals surface area contributed by atoms with Gasteiger partial charge in [-0.3, -0.25) is 0 Å². The number of benzene rings is 1. The highest BCUT2D eigenvalue weighted by Crippen LogP contribution is 2.26. The molecule has 1 aromatic carbocycles. The van der Waals surface area contributed by atoms with Gasteiger partial charge in [0.05, 0.1) is 32.2 Å². The predicted octanol–water partition coefficient (Wildman–Crippen LogP) is 1.11. The van der Waals surface area contributed by atoms with Crippen LogP contribution in [0.15, 0.2) is 30.5 Å². The summed E-state index contributed by atoms with van der Waals surface area (Å²) in [6, 6.07) is 7.68. The van der Waals surface area contributed by atoms with Crippen LogP contribution in [-0.2, 0) is 4.74 Å². The van der Waals surface area contributed by atoms with Crippen molar-refractivity contribution in [1.82, 2.24) is 19.9 Å². The molecule has 1 aliphatic rings. The standard InChI is InChI=1S/C17H18N6O2.ClH.H2O/c1-24-12-4-2-11(3-5-12)13-10-19-15-14(20-13)16(22-17(18)21-15)23-6-8-25-9-7-23;;/h2-5,10H,6-9H2,1H3,(H2,18,19,21,22);1H;1H2. The number of nitrogens with two attached hydrogens (primary N) is 1. The van der Waals surface area contributed by atoms with Crippen molar-refractivity contribution >= 4 is 35.3 Å². The fraction of sp³-hybridized carbons (Fsp3) is 0.294. The van der Waals surface area contributed by atoms with Gasteiger partial charge in [0.15, 0.2) is 17.0 Å². The summed E-state index contributed by atoms with van der Waals surface area (Å²) in [7, 11) is 1.64. The van der Waals surface area contributed by atoms with Crippen molar-refractivity contribution < 1.29 is 14.9 Å². The van der Waals surface area contributed by atoms with E-state index in [1.54, 1.807) is 13.3 Å². The van der Waals surface area contributed by atoms with Crippen LogP contribution in [0.25, 0.3) is 22.4 Å². The molecule has 0 radical (unpaired) electrons. The molecular weight excluding hydrogens is 372 g/mol. The molecule has 1 aliphatic heterocycles. The van der Waals surface area contributed by atoms with Gasteiger partial charge in [-0.05, 0) is 24.3 Å². The van der Waals surface area contributed by atoms with Crippen molar-refractivity contribution in [3.8, 4) is 17.0 Å². The quantitative estimate of drug-likeness (QED) is 0.701. The van der Waals surface area contributed by atoms with Crippen molar-refractivity contribution in [3.63, 3.8) is 0 Å². The lowest BCUT2D eigenvalue weighted by atomic mass is 10.1. The van der Waals surface area contributed by atoms with E-state index < -0.39 is 0 Å². The minimum atomic E-state index is 0. The number of nitrogen functional groups attached to an aromatic ring is 1. The maximum atomic E-state index is 5.85. The molecule has 0 bridgehead atoms. The number of methoxy groups -OCH3 is 1. The summed E-state index contributed by atoms with van der Waals surface area (Å²) >= 11 is 0. The molecule has 1 fully saturated rings. The SMILES string of the molecule is COc1ccc(-c2cnc3nc(N)nc(N4CCOCC4)c3n2)cc1.Cl.O. The van der Waals surface area contributed by atoms with Crippen LogP contribution in [0, 0.1) is 0 Å². The summed E-state index contributed by atoms with van der Waals surface area (Å²) in [4.78, 5) is 19.9. The number of nitrogens with zero attached hydrogens (tertiary/aromatic N) is 5. The van der Waals surface area contributed by atoms with Crippen LogP contribution in [0.4, 0.5) is 11.8 Å². The number of anilines is 2. The molecule has 3 heterocycles. The Bertz CT molecular complexity index is 903. The van der Waals surface area contributed by atoms with E-state index in [9.17, 15) is 0 Å². The number of fused-ring (bicyclic) bond motifs is 1. The van der Waals surface area contributed by atoms with E-state index >= 15 is 0 Å². The Labute approximate surface area is 162 Å². The topological polar surface area (TPSA) is 131 Å². The first-order chi connectivity index (χ1) is 12.2. The zero-order valence-electron chi connectivity index (χ0n) is 14.8. The second-order valence-electron chi connectivity index (χ2n) is 5.66. The Morgan fingerprint density at radius 3 is 2.44 bits per heavy atom. The third kappa shape index (κ3) is 4.16. The number of halogens is 1. The van der Waals surface area contributed by atoms with E-state index in [2.05, 4.69) is 19.9 Å². The average Bonchev–Trinajstić information content (AvgIpc) is 2.68. The van der Waals surface area contributed by atoms with E-state index in [-0.39, 0.29) is 23.8 Å². The molecule has 0 aliphatic carbocycles. The number of aromatic nitrogens is 4. The van der Waals surface area contributed by atoms with E-state index in [0.717, 1.165) is 30.1 Å². The molecule has 0 spiro atoms. The fourth-order valence-electron chi connectivity index (χ4n) is 2.81. The molecule has 3 aromatic rings.